The van der Waals surface area contributed by atoms with Crippen molar-refractivity contribution in [2.24, 2.45) is 4.99 Å². The number of halogens is 1. The Bertz CT molecular complexity index is 990. The summed E-state index contributed by atoms with van der Waals surface area (Å²) in [7, 11) is 5.63. The molecule has 0 radical (unpaired) electrons. The van der Waals surface area contributed by atoms with Gasteiger partial charge < -0.3 is 20.5 Å². The maximum absolute atomic E-state index is 14.0. The summed E-state index contributed by atoms with van der Waals surface area (Å²) >= 11 is 0. The first kappa shape index (κ1) is 20.9. The van der Waals surface area contributed by atoms with Crippen LogP contribution in [0.3, 0.4) is 0 Å². The predicted octanol–water partition coefficient (Wildman–Crippen LogP) is 3.58. The van der Waals surface area contributed by atoms with Crippen LogP contribution in [0.4, 0.5) is 4.39 Å². The highest BCUT2D eigenvalue weighted by molar-refractivity contribution is 5.84. The first-order valence-corrected chi connectivity index (χ1v) is 9.90. The molecule has 3 N–H and O–H groups in total. The Hall–Kier alpha value is -2.86. The summed E-state index contributed by atoms with van der Waals surface area (Å²) in [4.78, 5) is 9.70. The molecule has 5 nitrogen and oxygen atoms in total. The molecular formula is C23H30FN5. The van der Waals surface area contributed by atoms with Crippen LogP contribution in [0.1, 0.15) is 22.4 Å². The molecule has 3 rings (SSSR count). The lowest BCUT2D eigenvalue weighted by atomic mass is 10.1. The Morgan fingerprint density at radius 3 is 2.69 bits per heavy atom. The second-order valence-electron chi connectivity index (χ2n) is 7.54. The van der Waals surface area contributed by atoms with Crippen molar-refractivity contribution in [1.29, 1.82) is 0 Å². The van der Waals surface area contributed by atoms with Gasteiger partial charge in [-0.2, -0.15) is 0 Å². The molecule has 29 heavy (non-hydrogen) atoms. The number of nitrogens with one attached hydrogen (secondary N) is 3. The lowest BCUT2D eigenvalue weighted by Crippen LogP contribution is -2.37. The minimum atomic E-state index is -0.168. The van der Waals surface area contributed by atoms with Crippen LogP contribution in [-0.2, 0) is 19.5 Å². The van der Waals surface area contributed by atoms with E-state index in [0.717, 1.165) is 24.5 Å². The number of rotatable bonds is 7. The molecule has 6 heteroatoms. The molecule has 2 aromatic carbocycles. The Morgan fingerprint density at radius 2 is 1.93 bits per heavy atom. The first-order valence-electron chi connectivity index (χ1n) is 9.90. The minimum Gasteiger partial charge on any atom is -0.358 e. The molecule has 0 aliphatic carbocycles. The van der Waals surface area contributed by atoms with E-state index < -0.39 is 0 Å². The van der Waals surface area contributed by atoms with Crippen molar-refractivity contribution in [3.8, 4) is 0 Å². The van der Waals surface area contributed by atoms with Gasteiger partial charge >= 0.3 is 0 Å². The van der Waals surface area contributed by atoms with Gasteiger partial charge in [0.25, 0.3) is 0 Å². The van der Waals surface area contributed by atoms with Crippen molar-refractivity contribution >= 4 is 16.9 Å². The molecule has 0 fully saturated rings. The molecule has 0 atom stereocenters. The average molecular weight is 396 g/mol. The number of nitrogens with zero attached hydrogens (tertiary/aromatic N) is 2. The molecule has 1 aromatic heterocycles. The summed E-state index contributed by atoms with van der Waals surface area (Å²) in [6, 6.07) is 13.6. The zero-order valence-electron chi connectivity index (χ0n) is 17.6. The standard InChI is InChI=1S/C23H30FN5/c1-16-19(20-7-5-6-8-22(20)28-16)11-12-26-23(25-2)27-14-17-9-10-21(24)18(13-17)15-29(3)4/h5-10,13,28H,11-12,14-15H2,1-4H3,(H2,25,26,27). The van der Waals surface area contributed by atoms with Gasteiger partial charge in [-0.25, -0.2) is 4.39 Å². The summed E-state index contributed by atoms with van der Waals surface area (Å²) in [5.41, 5.74) is 5.43. The number of hydrogen-bond donors (Lipinski definition) is 3. The van der Waals surface area contributed by atoms with Crippen molar-refractivity contribution in [2.45, 2.75) is 26.4 Å². The third kappa shape index (κ3) is 5.35. The van der Waals surface area contributed by atoms with Gasteiger partial charge in [0.05, 0.1) is 0 Å². The highest BCUT2D eigenvalue weighted by Crippen LogP contribution is 2.21. The van der Waals surface area contributed by atoms with Crippen LogP contribution in [0.5, 0.6) is 0 Å². The highest BCUT2D eigenvalue weighted by atomic mass is 19.1. The summed E-state index contributed by atoms with van der Waals surface area (Å²) in [6.07, 6.45) is 0.903. The van der Waals surface area contributed by atoms with Gasteiger partial charge in [0.2, 0.25) is 0 Å². The van der Waals surface area contributed by atoms with E-state index in [0.29, 0.717) is 18.7 Å². The van der Waals surface area contributed by atoms with E-state index in [4.69, 9.17) is 0 Å². The maximum Gasteiger partial charge on any atom is 0.191 e. The van der Waals surface area contributed by atoms with Crippen LogP contribution in [0.15, 0.2) is 47.5 Å². The number of aromatic nitrogens is 1. The third-order valence-corrected chi connectivity index (χ3v) is 4.97. The largest absolute Gasteiger partial charge is 0.358 e. The first-order chi connectivity index (χ1) is 14.0. The van der Waals surface area contributed by atoms with Crippen LogP contribution in [0, 0.1) is 12.7 Å². The summed E-state index contributed by atoms with van der Waals surface area (Å²) in [5, 5.41) is 7.96. The molecule has 0 spiro atoms. The molecule has 154 valence electrons. The SMILES string of the molecule is CN=C(NCCc1c(C)[nH]c2ccccc12)NCc1ccc(F)c(CN(C)C)c1. The quantitative estimate of drug-likeness (QED) is 0.423. The molecule has 0 aliphatic rings. The monoisotopic (exact) mass is 395 g/mol. The van der Waals surface area contributed by atoms with Crippen molar-refractivity contribution in [2.75, 3.05) is 27.7 Å². The van der Waals surface area contributed by atoms with Gasteiger partial charge in [-0.05, 0) is 56.8 Å². The number of benzene rings is 2. The number of fused-ring (bicyclic) bond motifs is 1. The Morgan fingerprint density at radius 1 is 1.14 bits per heavy atom. The van der Waals surface area contributed by atoms with E-state index in [1.54, 1.807) is 7.05 Å². The summed E-state index contributed by atoms with van der Waals surface area (Å²) < 4.78 is 14.0. The van der Waals surface area contributed by atoms with Gasteiger partial charge in [0.1, 0.15) is 5.82 Å². The second-order valence-corrected chi connectivity index (χ2v) is 7.54. The summed E-state index contributed by atoms with van der Waals surface area (Å²) in [5.74, 6) is 0.569. The normalized spacial score (nSPS) is 12.0. The molecule has 0 bridgehead atoms. The topological polar surface area (TPSA) is 55.5 Å². The summed E-state index contributed by atoms with van der Waals surface area (Å²) in [6.45, 7) is 4.06. The van der Waals surface area contributed by atoms with Crippen molar-refractivity contribution in [3.63, 3.8) is 0 Å². The number of aliphatic imine (C=N–C) groups is 1. The lowest BCUT2D eigenvalue weighted by molar-refractivity contribution is 0.392. The van der Waals surface area contributed by atoms with Crippen LogP contribution in [0.2, 0.25) is 0 Å². The fourth-order valence-corrected chi connectivity index (χ4v) is 3.57. The number of aromatic amines is 1. The zero-order chi connectivity index (χ0) is 20.8. The lowest BCUT2D eigenvalue weighted by Gasteiger charge is -2.14. The van der Waals surface area contributed by atoms with Crippen LogP contribution in [-0.4, -0.2) is 43.5 Å². The van der Waals surface area contributed by atoms with E-state index in [1.165, 1.54) is 28.2 Å². The molecule has 3 aromatic rings. The molecule has 0 saturated carbocycles. The van der Waals surface area contributed by atoms with E-state index >= 15 is 0 Å². The van der Waals surface area contributed by atoms with E-state index in [-0.39, 0.29) is 5.82 Å². The second kappa shape index (κ2) is 9.56. The van der Waals surface area contributed by atoms with Gasteiger partial charge in [0, 0.05) is 48.8 Å². The highest BCUT2D eigenvalue weighted by Gasteiger charge is 2.09. The average Bonchev–Trinajstić information content (AvgIpc) is 3.01. The van der Waals surface area contributed by atoms with E-state index in [9.17, 15) is 4.39 Å². The van der Waals surface area contributed by atoms with Gasteiger partial charge in [-0.3, -0.25) is 4.99 Å². The van der Waals surface area contributed by atoms with Gasteiger partial charge in [0.15, 0.2) is 5.96 Å². The van der Waals surface area contributed by atoms with Gasteiger partial charge in [-0.15, -0.1) is 0 Å². The third-order valence-electron chi connectivity index (χ3n) is 4.97. The number of H-pyrrole nitrogens is 1. The number of hydrogen-bond acceptors (Lipinski definition) is 2. The number of guanidine groups is 1. The maximum atomic E-state index is 14.0. The predicted molar refractivity (Wildman–Crippen MR) is 119 cm³/mol. The van der Waals surface area contributed by atoms with Crippen molar-refractivity contribution < 1.29 is 4.39 Å². The van der Waals surface area contributed by atoms with E-state index in [1.807, 2.05) is 37.2 Å². The zero-order valence-corrected chi connectivity index (χ0v) is 17.6. The Kier molecular flexibility index (Phi) is 6.88. The fourth-order valence-electron chi connectivity index (χ4n) is 3.57. The molecule has 0 aliphatic heterocycles. The van der Waals surface area contributed by atoms with E-state index in [2.05, 4.69) is 45.7 Å². The molecule has 1 heterocycles. The van der Waals surface area contributed by atoms with Gasteiger partial charge in [-0.1, -0.05) is 24.3 Å². The van der Waals surface area contributed by atoms with Crippen LogP contribution >= 0.6 is 0 Å². The van der Waals surface area contributed by atoms with Crippen molar-refractivity contribution in [1.82, 2.24) is 20.5 Å². The molecule has 0 amide bonds. The van der Waals surface area contributed by atoms with Crippen LogP contribution < -0.4 is 10.6 Å². The Balaban J connectivity index is 1.55. The Labute approximate surface area is 172 Å². The molecule has 0 saturated heterocycles. The minimum absolute atomic E-state index is 0.168. The smallest absolute Gasteiger partial charge is 0.191 e. The number of aryl methyl sites for hydroxylation is 1. The number of para-hydroxylation sites is 1. The fraction of sp³-hybridized carbons (Fsp3) is 0.348. The molecule has 0 unspecified atom stereocenters. The van der Waals surface area contributed by atoms with Crippen molar-refractivity contribution in [3.05, 3.63) is 70.7 Å². The molecular weight excluding hydrogens is 365 g/mol. The van der Waals surface area contributed by atoms with Crippen LogP contribution in [0.25, 0.3) is 10.9 Å².